The van der Waals surface area contributed by atoms with Crippen LogP contribution in [-0.2, 0) is 5.54 Å². The van der Waals surface area contributed by atoms with Gasteiger partial charge in [-0.2, -0.15) is 0 Å². The molecule has 0 amide bonds. The molecule has 0 saturated heterocycles. The molecule has 3 nitrogen and oxygen atoms in total. The number of aromatic nitrogens is 1. The summed E-state index contributed by atoms with van der Waals surface area (Å²) in [5.41, 5.74) is 7.13. The topological polar surface area (TPSA) is 48.1 Å². The van der Waals surface area contributed by atoms with Gasteiger partial charge in [0.1, 0.15) is 0 Å². The average Bonchev–Trinajstić information content (AvgIpc) is 2.73. The quantitative estimate of drug-likeness (QED) is 0.817. The second kappa shape index (κ2) is 3.51. The van der Waals surface area contributed by atoms with Gasteiger partial charge in [-0.05, 0) is 25.2 Å². The lowest BCUT2D eigenvalue weighted by atomic mass is 9.94. The Hall–Kier alpha value is -0.610. The summed E-state index contributed by atoms with van der Waals surface area (Å²) in [6.45, 7) is 2.25. The fourth-order valence-corrected chi connectivity index (χ4v) is 2.89. The van der Waals surface area contributed by atoms with Crippen molar-refractivity contribution in [2.45, 2.75) is 31.7 Å². The van der Waals surface area contributed by atoms with Crippen molar-refractivity contribution in [3.05, 3.63) is 11.1 Å². The van der Waals surface area contributed by atoms with Gasteiger partial charge in [0.25, 0.3) is 5.19 Å². The van der Waals surface area contributed by atoms with E-state index in [9.17, 15) is 0 Å². The lowest BCUT2D eigenvalue weighted by molar-refractivity contribution is 0.394. The standard InChI is InChI=1S/C10H16N2OS/c1-7-3-4-10(11,5-7)8-6-14-9(12-8)13-2/h6-7H,3-5,11H2,1-2H3. The summed E-state index contributed by atoms with van der Waals surface area (Å²) in [7, 11) is 1.64. The van der Waals surface area contributed by atoms with Gasteiger partial charge in [0.05, 0.1) is 18.3 Å². The highest BCUT2D eigenvalue weighted by Gasteiger charge is 2.37. The van der Waals surface area contributed by atoms with E-state index in [1.165, 1.54) is 17.8 Å². The molecule has 0 spiro atoms. The number of methoxy groups -OCH3 is 1. The van der Waals surface area contributed by atoms with E-state index >= 15 is 0 Å². The van der Waals surface area contributed by atoms with Gasteiger partial charge < -0.3 is 10.5 Å². The Labute approximate surface area is 88.3 Å². The molecule has 2 unspecified atom stereocenters. The maximum atomic E-state index is 6.33. The van der Waals surface area contributed by atoms with Crippen LogP contribution in [0.1, 0.15) is 31.9 Å². The van der Waals surface area contributed by atoms with E-state index < -0.39 is 0 Å². The number of thiazole rings is 1. The van der Waals surface area contributed by atoms with Crippen molar-refractivity contribution in [3.8, 4) is 5.19 Å². The van der Waals surface area contributed by atoms with E-state index in [2.05, 4.69) is 11.9 Å². The molecule has 1 heterocycles. The molecule has 0 aliphatic heterocycles. The van der Waals surface area contributed by atoms with Crippen LogP contribution in [0.25, 0.3) is 0 Å². The van der Waals surface area contributed by atoms with Crippen LogP contribution in [0.2, 0.25) is 0 Å². The largest absolute Gasteiger partial charge is 0.473 e. The zero-order valence-electron chi connectivity index (χ0n) is 8.62. The summed E-state index contributed by atoms with van der Waals surface area (Å²) in [4.78, 5) is 4.39. The number of nitrogens with two attached hydrogens (primary N) is 1. The first kappa shape index (κ1) is 9.93. The van der Waals surface area contributed by atoms with Crippen molar-refractivity contribution in [2.75, 3.05) is 7.11 Å². The molecule has 1 aromatic heterocycles. The SMILES string of the molecule is COc1nc(C2(N)CCC(C)C2)cs1. The van der Waals surface area contributed by atoms with E-state index in [0.717, 1.165) is 18.5 Å². The van der Waals surface area contributed by atoms with Gasteiger partial charge in [0.2, 0.25) is 0 Å². The minimum absolute atomic E-state index is 0.202. The molecule has 0 radical (unpaired) electrons. The second-order valence-electron chi connectivity index (χ2n) is 4.21. The zero-order valence-corrected chi connectivity index (χ0v) is 9.43. The predicted octanol–water partition coefficient (Wildman–Crippen LogP) is 2.13. The molecule has 78 valence electrons. The van der Waals surface area contributed by atoms with Crippen LogP contribution in [0.15, 0.2) is 5.38 Å². The van der Waals surface area contributed by atoms with Crippen molar-refractivity contribution in [3.63, 3.8) is 0 Å². The fourth-order valence-electron chi connectivity index (χ4n) is 2.14. The van der Waals surface area contributed by atoms with Crippen molar-refractivity contribution >= 4 is 11.3 Å². The maximum Gasteiger partial charge on any atom is 0.273 e. The number of hydrogen-bond acceptors (Lipinski definition) is 4. The Bertz CT molecular complexity index is 326. The molecule has 2 N–H and O–H groups in total. The Morgan fingerprint density at radius 2 is 2.50 bits per heavy atom. The van der Waals surface area contributed by atoms with Gasteiger partial charge in [0, 0.05) is 5.38 Å². The third-order valence-electron chi connectivity index (χ3n) is 2.96. The molecule has 2 rings (SSSR count). The molecule has 1 aliphatic carbocycles. The molecule has 1 fully saturated rings. The molecule has 2 atom stereocenters. The first-order chi connectivity index (χ1) is 6.64. The molecule has 1 saturated carbocycles. The summed E-state index contributed by atoms with van der Waals surface area (Å²) in [6, 6.07) is 0. The minimum atomic E-state index is -0.202. The van der Waals surface area contributed by atoms with Crippen molar-refractivity contribution < 1.29 is 4.74 Å². The molecular weight excluding hydrogens is 196 g/mol. The second-order valence-corrected chi connectivity index (χ2v) is 5.03. The van der Waals surface area contributed by atoms with Crippen molar-refractivity contribution in [1.82, 2.24) is 4.98 Å². The van der Waals surface area contributed by atoms with E-state index in [1.807, 2.05) is 5.38 Å². The normalized spacial score (nSPS) is 32.1. The highest BCUT2D eigenvalue weighted by molar-refractivity contribution is 7.11. The Balaban J connectivity index is 2.21. The van der Waals surface area contributed by atoms with Crippen LogP contribution in [0, 0.1) is 5.92 Å². The van der Waals surface area contributed by atoms with Crippen LogP contribution >= 0.6 is 11.3 Å². The van der Waals surface area contributed by atoms with Gasteiger partial charge in [0.15, 0.2) is 0 Å². The lowest BCUT2D eigenvalue weighted by Crippen LogP contribution is -2.33. The summed E-state index contributed by atoms with van der Waals surface area (Å²) < 4.78 is 5.08. The number of rotatable bonds is 2. The monoisotopic (exact) mass is 212 g/mol. The summed E-state index contributed by atoms with van der Waals surface area (Å²) in [5.74, 6) is 0.715. The van der Waals surface area contributed by atoms with E-state index in [-0.39, 0.29) is 5.54 Å². The van der Waals surface area contributed by atoms with Crippen LogP contribution in [0.5, 0.6) is 5.19 Å². The van der Waals surface area contributed by atoms with Gasteiger partial charge in [-0.1, -0.05) is 18.3 Å². The molecular formula is C10H16N2OS. The van der Waals surface area contributed by atoms with E-state index in [0.29, 0.717) is 11.1 Å². The fraction of sp³-hybridized carbons (Fsp3) is 0.700. The first-order valence-corrected chi connectivity index (χ1v) is 5.81. The molecule has 14 heavy (non-hydrogen) atoms. The third-order valence-corrected chi connectivity index (χ3v) is 3.76. The summed E-state index contributed by atoms with van der Waals surface area (Å²) >= 11 is 1.52. The lowest BCUT2D eigenvalue weighted by Gasteiger charge is -2.21. The van der Waals surface area contributed by atoms with Crippen LogP contribution in [-0.4, -0.2) is 12.1 Å². The molecule has 1 aliphatic rings. The summed E-state index contributed by atoms with van der Waals surface area (Å²) in [6.07, 6.45) is 3.29. The minimum Gasteiger partial charge on any atom is -0.473 e. The highest BCUT2D eigenvalue weighted by atomic mass is 32.1. The Kier molecular flexibility index (Phi) is 2.49. The highest BCUT2D eigenvalue weighted by Crippen LogP contribution is 2.40. The van der Waals surface area contributed by atoms with Crippen LogP contribution in [0.4, 0.5) is 0 Å². The summed E-state index contributed by atoms with van der Waals surface area (Å²) in [5, 5.41) is 2.74. The van der Waals surface area contributed by atoms with Gasteiger partial charge in [-0.3, -0.25) is 0 Å². The molecule has 1 aromatic rings. The maximum absolute atomic E-state index is 6.33. The van der Waals surface area contributed by atoms with E-state index in [4.69, 9.17) is 10.5 Å². The predicted molar refractivity (Wildman–Crippen MR) is 57.5 cm³/mol. The van der Waals surface area contributed by atoms with Crippen LogP contribution < -0.4 is 10.5 Å². The molecule has 4 heteroatoms. The van der Waals surface area contributed by atoms with Gasteiger partial charge in [-0.25, -0.2) is 4.98 Å². The number of ether oxygens (including phenoxy) is 1. The zero-order chi connectivity index (χ0) is 10.2. The van der Waals surface area contributed by atoms with E-state index in [1.54, 1.807) is 7.11 Å². The first-order valence-electron chi connectivity index (χ1n) is 4.93. The smallest absolute Gasteiger partial charge is 0.273 e. The average molecular weight is 212 g/mol. The van der Waals surface area contributed by atoms with Crippen molar-refractivity contribution in [2.24, 2.45) is 11.7 Å². The molecule has 0 bridgehead atoms. The van der Waals surface area contributed by atoms with Gasteiger partial charge in [-0.15, -0.1) is 0 Å². The van der Waals surface area contributed by atoms with Gasteiger partial charge >= 0.3 is 0 Å². The number of hydrogen-bond donors (Lipinski definition) is 1. The Morgan fingerprint density at radius 3 is 3.00 bits per heavy atom. The Morgan fingerprint density at radius 1 is 1.71 bits per heavy atom. The van der Waals surface area contributed by atoms with Crippen molar-refractivity contribution in [1.29, 1.82) is 0 Å². The molecule has 0 aromatic carbocycles. The third kappa shape index (κ3) is 1.64. The number of nitrogens with zero attached hydrogens (tertiary/aromatic N) is 1. The van der Waals surface area contributed by atoms with Crippen LogP contribution in [0.3, 0.4) is 0 Å².